The summed E-state index contributed by atoms with van der Waals surface area (Å²) in [6.45, 7) is 0. The van der Waals surface area contributed by atoms with Crippen LogP contribution in [0.1, 0.15) is 11.6 Å². The van der Waals surface area contributed by atoms with Gasteiger partial charge in [-0.3, -0.25) is 0 Å². The Hall–Kier alpha value is -1.60. The molecule has 0 radical (unpaired) electrons. The van der Waals surface area contributed by atoms with Gasteiger partial charge in [-0.15, -0.1) is 5.10 Å². The van der Waals surface area contributed by atoms with Crippen LogP contribution in [0.3, 0.4) is 0 Å². The Morgan fingerprint density at radius 3 is 3.00 bits per heavy atom. The van der Waals surface area contributed by atoms with Crippen LogP contribution in [0.15, 0.2) is 29.4 Å². The fraction of sp³-hybridized carbons (Fsp3) is 0.364. The molecule has 0 fully saturated rings. The number of tetrazole rings is 1. The largest absolute Gasteiger partial charge is 0.497 e. The average molecular weight is 265 g/mol. The van der Waals surface area contributed by atoms with Crippen molar-refractivity contribution >= 4 is 11.8 Å². The molecule has 1 atom stereocenters. The van der Waals surface area contributed by atoms with Gasteiger partial charge < -0.3 is 10.5 Å². The van der Waals surface area contributed by atoms with Crippen LogP contribution in [-0.4, -0.2) is 33.1 Å². The molecule has 1 aromatic carbocycles. The van der Waals surface area contributed by atoms with Crippen molar-refractivity contribution in [1.29, 1.82) is 0 Å². The lowest BCUT2D eigenvalue weighted by atomic mass is 10.1. The summed E-state index contributed by atoms with van der Waals surface area (Å²) in [6.07, 6.45) is 0. The summed E-state index contributed by atoms with van der Waals surface area (Å²) < 4.78 is 6.80. The maximum Gasteiger partial charge on any atom is 0.209 e. The number of nitrogens with two attached hydrogens (primary N) is 1. The number of aromatic nitrogens is 4. The summed E-state index contributed by atoms with van der Waals surface area (Å²) in [5.41, 5.74) is 7.17. The van der Waals surface area contributed by atoms with Crippen molar-refractivity contribution in [3.8, 4) is 5.75 Å². The lowest BCUT2D eigenvalue weighted by Gasteiger charge is -2.12. The first-order valence-corrected chi connectivity index (χ1v) is 6.44. The smallest absolute Gasteiger partial charge is 0.209 e. The summed E-state index contributed by atoms with van der Waals surface area (Å²) in [7, 11) is 3.45. The third kappa shape index (κ3) is 2.99. The molecule has 0 spiro atoms. The summed E-state index contributed by atoms with van der Waals surface area (Å²) >= 11 is 1.53. The van der Waals surface area contributed by atoms with Crippen molar-refractivity contribution in [3.05, 3.63) is 29.8 Å². The molecule has 2 rings (SSSR count). The number of benzene rings is 1. The van der Waals surface area contributed by atoms with Gasteiger partial charge in [-0.1, -0.05) is 23.9 Å². The molecule has 1 unspecified atom stereocenters. The van der Waals surface area contributed by atoms with Crippen LogP contribution in [0.4, 0.5) is 0 Å². The van der Waals surface area contributed by atoms with Gasteiger partial charge in [0.2, 0.25) is 5.16 Å². The number of aryl methyl sites for hydroxylation is 1. The van der Waals surface area contributed by atoms with Crippen LogP contribution in [0, 0.1) is 0 Å². The molecule has 0 saturated carbocycles. The van der Waals surface area contributed by atoms with Gasteiger partial charge in [0.25, 0.3) is 0 Å². The van der Waals surface area contributed by atoms with Crippen LogP contribution in [-0.2, 0) is 7.05 Å². The molecule has 1 aromatic heterocycles. The standard InChI is InChI=1S/C11H15N5OS/c1-16-11(13-14-15-16)18-7-10(12)8-4-3-5-9(6-8)17-2/h3-6,10H,7,12H2,1-2H3. The molecular formula is C11H15N5OS. The predicted octanol–water partition coefficient (Wildman–Crippen LogP) is 1.01. The minimum absolute atomic E-state index is 0.0817. The first kappa shape index (κ1) is 12.8. The van der Waals surface area contributed by atoms with Crippen LogP contribution in [0.25, 0.3) is 0 Å². The number of nitrogens with zero attached hydrogens (tertiary/aromatic N) is 4. The maximum absolute atomic E-state index is 6.13. The second-order valence-electron chi connectivity index (χ2n) is 3.78. The predicted molar refractivity (Wildman–Crippen MR) is 69.4 cm³/mol. The molecule has 96 valence electrons. The van der Waals surface area contributed by atoms with E-state index in [1.54, 1.807) is 18.8 Å². The summed E-state index contributed by atoms with van der Waals surface area (Å²) in [5, 5.41) is 12.0. The first-order valence-electron chi connectivity index (χ1n) is 5.45. The van der Waals surface area contributed by atoms with E-state index in [0.29, 0.717) is 5.75 Å². The van der Waals surface area contributed by atoms with Gasteiger partial charge >= 0.3 is 0 Å². The molecule has 0 bridgehead atoms. The zero-order valence-electron chi connectivity index (χ0n) is 10.3. The molecule has 0 aliphatic rings. The molecule has 18 heavy (non-hydrogen) atoms. The van der Waals surface area contributed by atoms with Crippen LogP contribution >= 0.6 is 11.8 Å². The number of ether oxygens (including phenoxy) is 1. The number of hydrogen-bond donors (Lipinski definition) is 1. The van der Waals surface area contributed by atoms with E-state index in [-0.39, 0.29) is 6.04 Å². The monoisotopic (exact) mass is 265 g/mol. The van der Waals surface area contributed by atoms with E-state index >= 15 is 0 Å². The number of hydrogen-bond acceptors (Lipinski definition) is 6. The average Bonchev–Trinajstić information content (AvgIpc) is 2.81. The molecule has 0 amide bonds. The second kappa shape index (κ2) is 5.83. The van der Waals surface area contributed by atoms with Gasteiger partial charge in [-0.25, -0.2) is 4.68 Å². The quantitative estimate of drug-likeness (QED) is 0.813. The third-order valence-electron chi connectivity index (χ3n) is 2.50. The molecule has 0 saturated heterocycles. The molecule has 2 aromatic rings. The lowest BCUT2D eigenvalue weighted by molar-refractivity contribution is 0.414. The molecule has 1 heterocycles. The highest BCUT2D eigenvalue weighted by atomic mass is 32.2. The van der Waals surface area contributed by atoms with E-state index in [4.69, 9.17) is 10.5 Å². The minimum Gasteiger partial charge on any atom is -0.497 e. The van der Waals surface area contributed by atoms with E-state index in [0.717, 1.165) is 16.5 Å². The van der Waals surface area contributed by atoms with Crippen molar-refractivity contribution in [2.24, 2.45) is 12.8 Å². The molecule has 7 heteroatoms. The van der Waals surface area contributed by atoms with Crippen LogP contribution in [0.2, 0.25) is 0 Å². The molecule has 0 aliphatic heterocycles. The molecule has 6 nitrogen and oxygen atoms in total. The molecular weight excluding hydrogens is 250 g/mol. The Kier molecular flexibility index (Phi) is 4.16. The van der Waals surface area contributed by atoms with E-state index in [9.17, 15) is 0 Å². The van der Waals surface area contributed by atoms with Crippen LogP contribution in [0.5, 0.6) is 5.75 Å². The minimum atomic E-state index is -0.0817. The highest BCUT2D eigenvalue weighted by molar-refractivity contribution is 7.99. The van der Waals surface area contributed by atoms with Crippen molar-refractivity contribution < 1.29 is 4.74 Å². The third-order valence-corrected chi connectivity index (χ3v) is 3.63. The van der Waals surface area contributed by atoms with Crippen molar-refractivity contribution in [2.45, 2.75) is 11.2 Å². The second-order valence-corrected chi connectivity index (χ2v) is 4.77. The topological polar surface area (TPSA) is 78.8 Å². The normalized spacial score (nSPS) is 12.4. The van der Waals surface area contributed by atoms with Gasteiger partial charge in [-0.2, -0.15) is 0 Å². The maximum atomic E-state index is 6.13. The summed E-state index contributed by atoms with van der Waals surface area (Å²) in [4.78, 5) is 0. The highest BCUT2D eigenvalue weighted by Crippen LogP contribution is 2.23. The van der Waals surface area contributed by atoms with Gasteiger partial charge in [0.15, 0.2) is 0 Å². The Balaban J connectivity index is 1.99. The fourth-order valence-electron chi connectivity index (χ4n) is 1.48. The molecule has 2 N–H and O–H groups in total. The van der Waals surface area contributed by atoms with Gasteiger partial charge in [0, 0.05) is 18.8 Å². The summed E-state index contributed by atoms with van der Waals surface area (Å²) in [6, 6.07) is 7.68. The first-order chi connectivity index (χ1) is 8.70. The van der Waals surface area contributed by atoms with E-state index < -0.39 is 0 Å². The van der Waals surface area contributed by atoms with Gasteiger partial charge in [0.1, 0.15) is 5.75 Å². The number of rotatable bonds is 5. The van der Waals surface area contributed by atoms with E-state index in [1.165, 1.54) is 11.8 Å². The Bertz CT molecular complexity index is 516. The van der Waals surface area contributed by atoms with E-state index in [2.05, 4.69) is 15.5 Å². The number of thioether (sulfide) groups is 1. The summed E-state index contributed by atoms with van der Waals surface area (Å²) in [5.74, 6) is 1.52. The van der Waals surface area contributed by atoms with Crippen molar-refractivity contribution in [1.82, 2.24) is 20.2 Å². The highest BCUT2D eigenvalue weighted by Gasteiger charge is 2.10. The Labute approximate surface area is 110 Å². The molecule has 0 aliphatic carbocycles. The zero-order chi connectivity index (χ0) is 13.0. The van der Waals surface area contributed by atoms with Crippen LogP contribution < -0.4 is 10.5 Å². The van der Waals surface area contributed by atoms with Crippen molar-refractivity contribution in [2.75, 3.05) is 12.9 Å². The Morgan fingerprint density at radius 1 is 1.50 bits per heavy atom. The SMILES string of the molecule is COc1cccc(C(N)CSc2nnnn2C)c1. The fourth-order valence-corrected chi connectivity index (χ4v) is 2.31. The zero-order valence-corrected chi connectivity index (χ0v) is 11.1. The van der Waals surface area contributed by atoms with Gasteiger partial charge in [0.05, 0.1) is 7.11 Å². The lowest BCUT2D eigenvalue weighted by Crippen LogP contribution is -2.13. The van der Waals surface area contributed by atoms with E-state index in [1.807, 2.05) is 24.3 Å². The number of methoxy groups -OCH3 is 1. The van der Waals surface area contributed by atoms with Crippen molar-refractivity contribution in [3.63, 3.8) is 0 Å². The Morgan fingerprint density at radius 2 is 2.33 bits per heavy atom. The van der Waals surface area contributed by atoms with Gasteiger partial charge in [-0.05, 0) is 28.1 Å².